The predicted octanol–water partition coefficient (Wildman–Crippen LogP) is 4.45. The minimum Gasteiger partial charge on any atom is -0.388 e. The van der Waals surface area contributed by atoms with Gasteiger partial charge in [-0.2, -0.15) is 10.2 Å². The van der Waals surface area contributed by atoms with Gasteiger partial charge in [0, 0.05) is 12.7 Å². The van der Waals surface area contributed by atoms with Crippen molar-refractivity contribution in [3.05, 3.63) is 54.1 Å². The van der Waals surface area contributed by atoms with Crippen molar-refractivity contribution in [1.82, 2.24) is 0 Å². The minimum atomic E-state index is 0.852. The van der Waals surface area contributed by atoms with E-state index in [1.54, 1.807) is 0 Å². The van der Waals surface area contributed by atoms with Crippen molar-refractivity contribution in [2.45, 2.75) is 6.92 Å². The first-order valence-corrected chi connectivity index (χ1v) is 5.54. The topological polar surface area (TPSA) is 36.8 Å². The SMILES string of the molecule is CNc1ccc(/N=N/c2cccc(C)c2)cc1. The Morgan fingerprint density at radius 3 is 2.24 bits per heavy atom. The maximum absolute atomic E-state index is 4.20. The predicted molar refractivity (Wildman–Crippen MR) is 71.3 cm³/mol. The summed E-state index contributed by atoms with van der Waals surface area (Å²) >= 11 is 0. The van der Waals surface area contributed by atoms with Crippen LogP contribution in [0.15, 0.2) is 58.8 Å². The zero-order valence-corrected chi connectivity index (χ0v) is 10.0. The fraction of sp³-hybridized carbons (Fsp3) is 0.143. The van der Waals surface area contributed by atoms with Gasteiger partial charge in [0.05, 0.1) is 11.4 Å². The van der Waals surface area contributed by atoms with Crippen molar-refractivity contribution in [1.29, 1.82) is 0 Å². The molecule has 0 radical (unpaired) electrons. The standard InChI is InChI=1S/C14H15N3/c1-11-4-3-5-14(10-11)17-16-13-8-6-12(15-2)7-9-13/h3-10,15H,1-2H3/b17-16+. The summed E-state index contributed by atoms with van der Waals surface area (Å²) < 4.78 is 0. The molecule has 0 saturated carbocycles. The highest BCUT2D eigenvalue weighted by molar-refractivity contribution is 5.50. The number of nitrogens with one attached hydrogen (secondary N) is 1. The maximum atomic E-state index is 4.20. The van der Waals surface area contributed by atoms with Gasteiger partial charge < -0.3 is 5.32 Å². The van der Waals surface area contributed by atoms with Crippen molar-refractivity contribution in [2.24, 2.45) is 10.2 Å². The van der Waals surface area contributed by atoms with Crippen LogP contribution in [0.3, 0.4) is 0 Å². The molecule has 0 aliphatic rings. The van der Waals surface area contributed by atoms with Gasteiger partial charge in [-0.05, 0) is 48.9 Å². The third-order valence-corrected chi connectivity index (χ3v) is 2.44. The lowest BCUT2D eigenvalue weighted by Gasteiger charge is -1.98. The van der Waals surface area contributed by atoms with Gasteiger partial charge in [0.1, 0.15) is 0 Å². The van der Waals surface area contributed by atoms with Gasteiger partial charge in [-0.1, -0.05) is 12.1 Å². The van der Waals surface area contributed by atoms with Crippen LogP contribution in [0.5, 0.6) is 0 Å². The molecule has 0 spiro atoms. The highest BCUT2D eigenvalue weighted by Crippen LogP contribution is 2.20. The molecule has 86 valence electrons. The molecule has 0 bridgehead atoms. The monoisotopic (exact) mass is 225 g/mol. The number of nitrogens with zero attached hydrogens (tertiary/aromatic N) is 2. The summed E-state index contributed by atoms with van der Waals surface area (Å²) in [6.07, 6.45) is 0. The van der Waals surface area contributed by atoms with E-state index in [4.69, 9.17) is 0 Å². The van der Waals surface area contributed by atoms with Crippen LogP contribution in [0.25, 0.3) is 0 Å². The Bertz CT molecular complexity index is 515. The smallest absolute Gasteiger partial charge is 0.0859 e. The third kappa shape index (κ3) is 3.14. The van der Waals surface area contributed by atoms with E-state index in [-0.39, 0.29) is 0 Å². The Labute approximate surface area is 101 Å². The van der Waals surface area contributed by atoms with Crippen molar-refractivity contribution in [2.75, 3.05) is 12.4 Å². The molecule has 2 rings (SSSR count). The largest absolute Gasteiger partial charge is 0.388 e. The molecule has 2 aromatic carbocycles. The molecule has 17 heavy (non-hydrogen) atoms. The Hall–Kier alpha value is -2.16. The highest BCUT2D eigenvalue weighted by Gasteiger charge is 1.92. The highest BCUT2D eigenvalue weighted by atomic mass is 15.1. The molecule has 0 fully saturated rings. The first kappa shape index (κ1) is 11.3. The summed E-state index contributed by atoms with van der Waals surface area (Å²) in [5, 5.41) is 11.5. The molecule has 0 aliphatic heterocycles. The third-order valence-electron chi connectivity index (χ3n) is 2.44. The lowest BCUT2D eigenvalue weighted by atomic mass is 10.2. The molecule has 3 heteroatoms. The van der Waals surface area contributed by atoms with E-state index in [0.29, 0.717) is 0 Å². The second-order valence-corrected chi connectivity index (χ2v) is 3.84. The van der Waals surface area contributed by atoms with E-state index in [1.807, 2.05) is 62.5 Å². The fourth-order valence-corrected chi connectivity index (χ4v) is 1.50. The van der Waals surface area contributed by atoms with Crippen molar-refractivity contribution >= 4 is 17.1 Å². The van der Waals surface area contributed by atoms with Crippen molar-refractivity contribution in [3.63, 3.8) is 0 Å². The van der Waals surface area contributed by atoms with Gasteiger partial charge in [-0.3, -0.25) is 0 Å². The van der Waals surface area contributed by atoms with Gasteiger partial charge in [0.2, 0.25) is 0 Å². The zero-order valence-electron chi connectivity index (χ0n) is 10.0. The van der Waals surface area contributed by atoms with E-state index in [2.05, 4.69) is 15.5 Å². The normalized spacial score (nSPS) is 10.7. The van der Waals surface area contributed by atoms with Crippen LogP contribution < -0.4 is 5.32 Å². The van der Waals surface area contributed by atoms with Crippen LogP contribution in [0, 0.1) is 6.92 Å². The van der Waals surface area contributed by atoms with Crippen LogP contribution in [0.1, 0.15) is 5.56 Å². The molecule has 0 saturated heterocycles. The quantitative estimate of drug-likeness (QED) is 0.769. The van der Waals surface area contributed by atoms with Gasteiger partial charge in [0.25, 0.3) is 0 Å². The molecule has 2 aromatic rings. The number of benzene rings is 2. The van der Waals surface area contributed by atoms with E-state index in [1.165, 1.54) is 5.56 Å². The van der Waals surface area contributed by atoms with Crippen molar-refractivity contribution < 1.29 is 0 Å². The molecule has 0 atom stereocenters. The van der Waals surface area contributed by atoms with Crippen LogP contribution in [0.4, 0.5) is 17.1 Å². The minimum absolute atomic E-state index is 0.852. The zero-order chi connectivity index (χ0) is 12.1. The van der Waals surface area contributed by atoms with Gasteiger partial charge in [0.15, 0.2) is 0 Å². The van der Waals surface area contributed by atoms with Crippen LogP contribution in [-0.4, -0.2) is 7.05 Å². The average molecular weight is 225 g/mol. The summed E-state index contributed by atoms with van der Waals surface area (Å²) in [5.41, 5.74) is 3.99. The molecular formula is C14H15N3. The molecule has 1 N–H and O–H groups in total. The summed E-state index contributed by atoms with van der Waals surface area (Å²) in [7, 11) is 1.89. The molecule has 0 unspecified atom stereocenters. The molecule has 0 amide bonds. The second kappa shape index (κ2) is 5.25. The number of aryl methyl sites for hydroxylation is 1. The van der Waals surface area contributed by atoms with Crippen molar-refractivity contribution in [3.8, 4) is 0 Å². The first-order valence-electron chi connectivity index (χ1n) is 5.54. The maximum Gasteiger partial charge on any atom is 0.0859 e. The van der Waals surface area contributed by atoms with Crippen LogP contribution in [0.2, 0.25) is 0 Å². The Kier molecular flexibility index (Phi) is 3.50. The van der Waals surface area contributed by atoms with Crippen LogP contribution >= 0.6 is 0 Å². The summed E-state index contributed by atoms with van der Waals surface area (Å²) in [5.74, 6) is 0. The van der Waals surface area contributed by atoms with E-state index in [0.717, 1.165) is 17.1 Å². The second-order valence-electron chi connectivity index (χ2n) is 3.84. The number of anilines is 1. The number of rotatable bonds is 3. The van der Waals surface area contributed by atoms with Gasteiger partial charge >= 0.3 is 0 Å². The molecule has 0 aromatic heterocycles. The molecule has 3 nitrogen and oxygen atoms in total. The van der Waals surface area contributed by atoms with Gasteiger partial charge in [-0.15, -0.1) is 0 Å². The first-order chi connectivity index (χ1) is 8.28. The number of azo groups is 1. The molecule has 0 aliphatic carbocycles. The number of hydrogen-bond acceptors (Lipinski definition) is 3. The number of hydrogen-bond donors (Lipinski definition) is 1. The van der Waals surface area contributed by atoms with Gasteiger partial charge in [-0.25, -0.2) is 0 Å². The summed E-state index contributed by atoms with van der Waals surface area (Å²) in [4.78, 5) is 0. The van der Waals surface area contributed by atoms with Crippen LogP contribution in [-0.2, 0) is 0 Å². The average Bonchev–Trinajstić information content (AvgIpc) is 2.37. The van der Waals surface area contributed by atoms with E-state index in [9.17, 15) is 0 Å². The Balaban J connectivity index is 2.14. The fourth-order valence-electron chi connectivity index (χ4n) is 1.50. The molecular weight excluding hydrogens is 210 g/mol. The summed E-state index contributed by atoms with van der Waals surface area (Å²) in [6, 6.07) is 15.8. The lowest BCUT2D eigenvalue weighted by molar-refractivity contribution is 1.22. The van der Waals surface area contributed by atoms with E-state index >= 15 is 0 Å². The molecule has 0 heterocycles. The Morgan fingerprint density at radius 1 is 0.882 bits per heavy atom. The summed E-state index contributed by atoms with van der Waals surface area (Å²) in [6.45, 7) is 2.04. The Morgan fingerprint density at radius 2 is 1.59 bits per heavy atom. The van der Waals surface area contributed by atoms with E-state index < -0.39 is 0 Å². The lowest BCUT2D eigenvalue weighted by Crippen LogP contribution is -1.84.